The number of aromatic nitrogens is 3. The molecule has 0 fully saturated rings. The SMILES string of the molecule is CC(C)n1cc(Oc2ncccc2/C=C/C(=O)O)cn1. The molecule has 6 nitrogen and oxygen atoms in total. The summed E-state index contributed by atoms with van der Waals surface area (Å²) >= 11 is 0. The van der Waals surface area contributed by atoms with Gasteiger partial charge in [-0.05, 0) is 32.1 Å². The van der Waals surface area contributed by atoms with E-state index in [9.17, 15) is 4.79 Å². The number of hydrogen-bond acceptors (Lipinski definition) is 4. The van der Waals surface area contributed by atoms with Crippen LogP contribution >= 0.6 is 0 Å². The normalized spacial score (nSPS) is 11.2. The lowest BCUT2D eigenvalue weighted by molar-refractivity contribution is -0.131. The molecule has 104 valence electrons. The Labute approximate surface area is 116 Å². The molecule has 0 aliphatic heterocycles. The summed E-state index contributed by atoms with van der Waals surface area (Å²) in [6.45, 7) is 4.02. The van der Waals surface area contributed by atoms with Gasteiger partial charge in [0.15, 0.2) is 5.75 Å². The van der Waals surface area contributed by atoms with E-state index in [0.29, 0.717) is 17.2 Å². The van der Waals surface area contributed by atoms with Crippen LogP contribution in [0.25, 0.3) is 6.08 Å². The number of carboxylic acids is 1. The molecule has 20 heavy (non-hydrogen) atoms. The molecule has 0 amide bonds. The van der Waals surface area contributed by atoms with Crippen molar-refractivity contribution in [1.82, 2.24) is 14.8 Å². The second kappa shape index (κ2) is 6.01. The molecule has 0 spiro atoms. The third kappa shape index (κ3) is 3.44. The zero-order valence-electron chi connectivity index (χ0n) is 11.2. The fraction of sp³-hybridized carbons (Fsp3) is 0.214. The molecule has 0 atom stereocenters. The van der Waals surface area contributed by atoms with Crippen molar-refractivity contribution in [3.63, 3.8) is 0 Å². The fourth-order valence-corrected chi connectivity index (χ4v) is 1.54. The standard InChI is InChI=1S/C14H15N3O3/c1-10(2)17-9-12(8-16-17)20-14-11(4-3-7-15-14)5-6-13(18)19/h3-10H,1-2H3,(H,18,19)/b6-5+. The molecule has 2 aromatic heterocycles. The van der Waals surface area contributed by atoms with Gasteiger partial charge in [0.2, 0.25) is 5.88 Å². The van der Waals surface area contributed by atoms with Crippen molar-refractivity contribution in [2.24, 2.45) is 0 Å². The van der Waals surface area contributed by atoms with E-state index in [1.165, 1.54) is 6.08 Å². The van der Waals surface area contributed by atoms with Crippen LogP contribution in [0, 0.1) is 0 Å². The molecule has 0 aliphatic rings. The van der Waals surface area contributed by atoms with Gasteiger partial charge in [-0.3, -0.25) is 4.68 Å². The van der Waals surface area contributed by atoms with Crippen molar-refractivity contribution in [2.75, 3.05) is 0 Å². The Balaban J connectivity index is 2.22. The van der Waals surface area contributed by atoms with E-state index < -0.39 is 5.97 Å². The van der Waals surface area contributed by atoms with Crippen molar-refractivity contribution in [3.8, 4) is 11.6 Å². The van der Waals surface area contributed by atoms with Gasteiger partial charge in [0.05, 0.1) is 12.4 Å². The van der Waals surface area contributed by atoms with Gasteiger partial charge in [-0.25, -0.2) is 9.78 Å². The number of carboxylic acid groups (broad SMARTS) is 1. The molecule has 0 aliphatic carbocycles. The molecular weight excluding hydrogens is 258 g/mol. The Morgan fingerprint density at radius 2 is 2.30 bits per heavy atom. The summed E-state index contributed by atoms with van der Waals surface area (Å²) in [5.74, 6) is -0.122. The Bertz CT molecular complexity index is 632. The van der Waals surface area contributed by atoms with Crippen molar-refractivity contribution >= 4 is 12.0 Å². The molecule has 6 heteroatoms. The fourth-order valence-electron chi connectivity index (χ4n) is 1.54. The average Bonchev–Trinajstić information content (AvgIpc) is 2.86. The zero-order chi connectivity index (χ0) is 14.5. The molecule has 0 bridgehead atoms. The van der Waals surface area contributed by atoms with Crippen LogP contribution in [0.2, 0.25) is 0 Å². The first kappa shape index (κ1) is 13.8. The molecule has 0 saturated carbocycles. The third-order valence-electron chi connectivity index (χ3n) is 2.53. The lowest BCUT2D eigenvalue weighted by atomic mass is 10.2. The number of carbonyl (C=O) groups is 1. The van der Waals surface area contributed by atoms with Crippen molar-refractivity contribution < 1.29 is 14.6 Å². The topological polar surface area (TPSA) is 77.2 Å². The van der Waals surface area contributed by atoms with E-state index in [-0.39, 0.29) is 6.04 Å². The Kier molecular flexibility index (Phi) is 4.14. The van der Waals surface area contributed by atoms with Gasteiger partial charge in [0.25, 0.3) is 0 Å². The quantitative estimate of drug-likeness (QED) is 0.847. The van der Waals surface area contributed by atoms with Crippen molar-refractivity contribution in [3.05, 3.63) is 42.4 Å². The van der Waals surface area contributed by atoms with Crippen LogP contribution in [0.15, 0.2) is 36.8 Å². The predicted octanol–water partition coefficient (Wildman–Crippen LogP) is 2.75. The lowest BCUT2D eigenvalue weighted by Gasteiger charge is -2.05. The van der Waals surface area contributed by atoms with Crippen LogP contribution in [0.3, 0.4) is 0 Å². The molecule has 0 unspecified atom stereocenters. The Morgan fingerprint density at radius 3 is 2.95 bits per heavy atom. The molecule has 2 aromatic rings. The summed E-state index contributed by atoms with van der Waals surface area (Å²) in [7, 11) is 0. The highest BCUT2D eigenvalue weighted by Crippen LogP contribution is 2.24. The van der Waals surface area contributed by atoms with Crippen molar-refractivity contribution in [2.45, 2.75) is 19.9 Å². The summed E-state index contributed by atoms with van der Waals surface area (Å²) in [6, 6.07) is 3.68. The minimum Gasteiger partial charge on any atom is -0.478 e. The van der Waals surface area contributed by atoms with Gasteiger partial charge < -0.3 is 9.84 Å². The average molecular weight is 273 g/mol. The van der Waals surface area contributed by atoms with E-state index >= 15 is 0 Å². The predicted molar refractivity (Wildman–Crippen MR) is 73.6 cm³/mol. The van der Waals surface area contributed by atoms with Gasteiger partial charge in [0.1, 0.15) is 0 Å². The zero-order valence-corrected chi connectivity index (χ0v) is 11.2. The summed E-state index contributed by atoms with van der Waals surface area (Å²) < 4.78 is 7.40. The van der Waals surface area contributed by atoms with Crippen LogP contribution in [0.5, 0.6) is 11.6 Å². The summed E-state index contributed by atoms with van der Waals surface area (Å²) in [5.41, 5.74) is 0.590. The minimum absolute atomic E-state index is 0.238. The molecule has 0 radical (unpaired) electrons. The molecule has 0 saturated heterocycles. The molecule has 2 heterocycles. The van der Waals surface area contributed by atoms with Gasteiger partial charge in [0, 0.05) is 23.9 Å². The first-order valence-electron chi connectivity index (χ1n) is 6.14. The van der Waals surface area contributed by atoms with Crippen LogP contribution in [-0.4, -0.2) is 25.8 Å². The van der Waals surface area contributed by atoms with E-state index in [0.717, 1.165) is 6.08 Å². The largest absolute Gasteiger partial charge is 0.478 e. The first-order valence-corrected chi connectivity index (χ1v) is 6.14. The van der Waals surface area contributed by atoms with Gasteiger partial charge in [-0.15, -0.1) is 0 Å². The number of ether oxygens (including phenoxy) is 1. The second-order valence-electron chi connectivity index (χ2n) is 4.42. The Morgan fingerprint density at radius 1 is 1.50 bits per heavy atom. The maximum Gasteiger partial charge on any atom is 0.328 e. The van der Waals surface area contributed by atoms with Gasteiger partial charge >= 0.3 is 5.97 Å². The number of pyridine rings is 1. The highest BCUT2D eigenvalue weighted by molar-refractivity contribution is 5.85. The Hall–Kier alpha value is -2.63. The highest BCUT2D eigenvalue weighted by atomic mass is 16.5. The van der Waals surface area contributed by atoms with Gasteiger partial charge in [-0.2, -0.15) is 5.10 Å². The molecule has 2 rings (SSSR count). The van der Waals surface area contributed by atoms with Crippen LogP contribution in [-0.2, 0) is 4.79 Å². The third-order valence-corrected chi connectivity index (χ3v) is 2.53. The van der Waals surface area contributed by atoms with Crippen LogP contribution < -0.4 is 4.74 Å². The summed E-state index contributed by atoms with van der Waals surface area (Å²) in [6.07, 6.45) is 7.43. The van der Waals surface area contributed by atoms with E-state index in [4.69, 9.17) is 9.84 Å². The van der Waals surface area contributed by atoms with Crippen molar-refractivity contribution in [1.29, 1.82) is 0 Å². The first-order chi connectivity index (χ1) is 9.56. The van der Waals surface area contributed by atoms with E-state index in [1.54, 1.807) is 35.4 Å². The summed E-state index contributed by atoms with van der Waals surface area (Å²) in [4.78, 5) is 14.7. The molecular formula is C14H15N3O3. The second-order valence-corrected chi connectivity index (χ2v) is 4.42. The van der Waals surface area contributed by atoms with E-state index in [2.05, 4.69) is 10.1 Å². The smallest absolute Gasteiger partial charge is 0.328 e. The number of aliphatic carboxylic acids is 1. The number of hydrogen-bond donors (Lipinski definition) is 1. The van der Waals surface area contributed by atoms with E-state index in [1.807, 2.05) is 13.8 Å². The molecule has 1 N–H and O–H groups in total. The maximum absolute atomic E-state index is 10.6. The molecule has 0 aromatic carbocycles. The van der Waals surface area contributed by atoms with Crippen LogP contribution in [0.4, 0.5) is 0 Å². The maximum atomic E-state index is 10.6. The lowest BCUT2D eigenvalue weighted by Crippen LogP contribution is -1.99. The highest BCUT2D eigenvalue weighted by Gasteiger charge is 2.07. The number of nitrogens with zero attached hydrogens (tertiary/aromatic N) is 3. The minimum atomic E-state index is -1.02. The van der Waals surface area contributed by atoms with Crippen LogP contribution in [0.1, 0.15) is 25.5 Å². The number of rotatable bonds is 5. The monoisotopic (exact) mass is 273 g/mol. The van der Waals surface area contributed by atoms with Gasteiger partial charge in [-0.1, -0.05) is 0 Å². The summed E-state index contributed by atoms with van der Waals surface area (Å²) in [5, 5.41) is 12.8.